The first-order valence-electron chi connectivity index (χ1n) is 11.0. The van der Waals surface area contributed by atoms with Gasteiger partial charge in [0.2, 0.25) is 0 Å². The highest BCUT2D eigenvalue weighted by molar-refractivity contribution is 5.85. The van der Waals surface area contributed by atoms with Gasteiger partial charge in [-0.25, -0.2) is 14.5 Å². The van der Waals surface area contributed by atoms with Crippen LogP contribution < -0.4 is 5.69 Å². The molecule has 10 heteroatoms. The summed E-state index contributed by atoms with van der Waals surface area (Å²) in [6.45, 7) is 5.32. The maximum Gasteiger partial charge on any atom is 0.347 e. The van der Waals surface area contributed by atoms with E-state index in [4.69, 9.17) is 9.15 Å². The lowest BCUT2D eigenvalue weighted by Crippen LogP contribution is -2.16. The van der Waals surface area contributed by atoms with E-state index in [1.54, 1.807) is 17.1 Å². The van der Waals surface area contributed by atoms with Crippen molar-refractivity contribution in [3.63, 3.8) is 0 Å². The molecule has 0 amide bonds. The smallest absolute Gasteiger partial charge is 0.347 e. The maximum atomic E-state index is 12.2. The Balaban J connectivity index is 0.00000289. The fourth-order valence-electron chi connectivity index (χ4n) is 3.77. The molecule has 0 saturated carbocycles. The molecule has 0 saturated heterocycles. The highest BCUT2D eigenvalue weighted by Gasteiger charge is 2.14. The molecule has 0 aliphatic rings. The van der Waals surface area contributed by atoms with Crippen LogP contribution in [0, 0.1) is 6.92 Å². The van der Waals surface area contributed by atoms with Crippen LogP contribution in [0.4, 0.5) is 0 Å². The summed E-state index contributed by atoms with van der Waals surface area (Å²) in [6.07, 6.45) is 7.16. The fourth-order valence-corrected chi connectivity index (χ4v) is 3.77. The molecule has 5 rings (SSSR count). The van der Waals surface area contributed by atoms with E-state index in [0.717, 1.165) is 22.4 Å². The van der Waals surface area contributed by atoms with Crippen LogP contribution in [-0.4, -0.2) is 36.1 Å². The summed E-state index contributed by atoms with van der Waals surface area (Å²) >= 11 is 0. The summed E-state index contributed by atoms with van der Waals surface area (Å²) in [5, 5.41) is 8.42. The lowest BCUT2D eigenvalue weighted by Gasteiger charge is -2.09. The molecule has 3 heterocycles. The van der Waals surface area contributed by atoms with E-state index in [1.807, 2.05) is 37.4 Å². The first-order chi connectivity index (χ1) is 16.6. The molecular weight excluding hydrogens is 468 g/mol. The van der Waals surface area contributed by atoms with Gasteiger partial charge in [0.1, 0.15) is 6.33 Å². The average molecular weight is 493 g/mol. The number of rotatable bonds is 8. The van der Waals surface area contributed by atoms with Crippen molar-refractivity contribution in [2.45, 2.75) is 26.9 Å². The molecule has 0 bridgehead atoms. The number of ether oxygens (including phenoxy) is 1. The van der Waals surface area contributed by atoms with Crippen LogP contribution in [0.1, 0.15) is 29.5 Å². The molecule has 0 aliphatic heterocycles. The summed E-state index contributed by atoms with van der Waals surface area (Å²) in [4.78, 5) is 19.3. The SMILES string of the molecule is CCOCc1ccc(C)c(Cc2ncc(-c3cc(-n4cccn4)cc(-n4nc[nH]c4=O)c3)o2)c1.Cl. The zero-order valence-electron chi connectivity index (χ0n) is 19.3. The topological polar surface area (TPSA) is 104 Å². The lowest BCUT2D eigenvalue weighted by atomic mass is 10.0. The van der Waals surface area contributed by atoms with Crippen LogP contribution >= 0.6 is 12.4 Å². The molecule has 35 heavy (non-hydrogen) atoms. The third-order valence-electron chi connectivity index (χ3n) is 5.54. The second-order valence-corrected chi connectivity index (χ2v) is 7.89. The Labute approximate surface area is 207 Å². The van der Waals surface area contributed by atoms with Gasteiger partial charge < -0.3 is 9.15 Å². The van der Waals surface area contributed by atoms with Crippen molar-refractivity contribution in [1.82, 2.24) is 29.5 Å². The largest absolute Gasteiger partial charge is 0.440 e. The van der Waals surface area contributed by atoms with Crippen LogP contribution in [-0.2, 0) is 17.8 Å². The van der Waals surface area contributed by atoms with Crippen molar-refractivity contribution >= 4 is 12.4 Å². The molecule has 5 aromatic rings. The van der Waals surface area contributed by atoms with Crippen LogP contribution in [0.2, 0.25) is 0 Å². The lowest BCUT2D eigenvalue weighted by molar-refractivity contribution is 0.134. The average Bonchev–Trinajstić information content (AvgIpc) is 3.62. The van der Waals surface area contributed by atoms with E-state index in [2.05, 4.69) is 45.3 Å². The molecule has 0 aliphatic carbocycles. The standard InChI is InChI=1S/C25H24N6O3.ClH/c1-3-33-15-18-6-5-17(2)19(9-18)12-24-26-14-23(34-24)20-10-21(30-8-4-7-28-30)13-22(11-20)31-25(32)27-16-29-31;/h4-11,13-14,16H,3,12,15H2,1-2H3,(H,27,29,32);1H. The molecule has 0 fully saturated rings. The Morgan fingerprint density at radius 2 is 1.97 bits per heavy atom. The molecule has 0 spiro atoms. The molecule has 2 aromatic carbocycles. The molecular formula is C25H25ClN6O3. The molecule has 180 valence electrons. The number of oxazole rings is 1. The van der Waals surface area contributed by atoms with Crippen molar-refractivity contribution in [3.05, 3.63) is 100 Å². The second-order valence-electron chi connectivity index (χ2n) is 7.89. The summed E-state index contributed by atoms with van der Waals surface area (Å²) in [6, 6.07) is 13.8. The molecule has 0 radical (unpaired) electrons. The van der Waals surface area contributed by atoms with Gasteiger partial charge in [-0.05, 0) is 54.8 Å². The third-order valence-corrected chi connectivity index (χ3v) is 5.54. The number of hydrogen-bond donors (Lipinski definition) is 1. The van der Waals surface area contributed by atoms with Gasteiger partial charge in [-0.2, -0.15) is 14.9 Å². The van der Waals surface area contributed by atoms with Crippen molar-refractivity contribution in [2.24, 2.45) is 0 Å². The Kier molecular flexibility index (Phi) is 7.28. The number of aromatic nitrogens is 6. The zero-order chi connectivity index (χ0) is 23.5. The minimum atomic E-state index is -0.329. The first kappa shape index (κ1) is 24.2. The predicted molar refractivity (Wildman–Crippen MR) is 133 cm³/mol. The zero-order valence-corrected chi connectivity index (χ0v) is 20.2. The van der Waals surface area contributed by atoms with Crippen molar-refractivity contribution < 1.29 is 9.15 Å². The van der Waals surface area contributed by atoms with Crippen LogP contribution in [0.15, 0.2) is 76.6 Å². The van der Waals surface area contributed by atoms with Gasteiger partial charge in [0.25, 0.3) is 0 Å². The van der Waals surface area contributed by atoms with Crippen molar-refractivity contribution in [3.8, 4) is 22.7 Å². The van der Waals surface area contributed by atoms with Crippen LogP contribution in [0.3, 0.4) is 0 Å². The third kappa shape index (κ3) is 5.26. The molecule has 3 aromatic heterocycles. The van der Waals surface area contributed by atoms with Crippen LogP contribution in [0.25, 0.3) is 22.7 Å². The van der Waals surface area contributed by atoms with Crippen molar-refractivity contribution in [2.75, 3.05) is 6.61 Å². The van der Waals surface area contributed by atoms with Gasteiger partial charge in [-0.1, -0.05) is 18.2 Å². The first-order valence-corrected chi connectivity index (χ1v) is 11.0. The second kappa shape index (κ2) is 10.5. The minimum absolute atomic E-state index is 0. The number of halogens is 1. The number of aryl methyl sites for hydroxylation is 1. The van der Waals surface area contributed by atoms with E-state index < -0.39 is 0 Å². The Bertz CT molecular complexity index is 1470. The summed E-state index contributed by atoms with van der Waals surface area (Å²) in [5.41, 5.74) is 5.22. The number of nitrogens with zero attached hydrogens (tertiary/aromatic N) is 5. The Morgan fingerprint density at radius 1 is 1.11 bits per heavy atom. The van der Waals surface area contributed by atoms with Crippen molar-refractivity contribution in [1.29, 1.82) is 0 Å². The highest BCUT2D eigenvalue weighted by Crippen LogP contribution is 2.27. The van der Waals surface area contributed by atoms with Gasteiger partial charge in [0.05, 0.1) is 24.2 Å². The summed E-state index contributed by atoms with van der Waals surface area (Å²) in [7, 11) is 0. The summed E-state index contributed by atoms with van der Waals surface area (Å²) < 4.78 is 14.7. The monoisotopic (exact) mass is 492 g/mol. The van der Waals surface area contributed by atoms with E-state index in [0.29, 0.717) is 37.0 Å². The van der Waals surface area contributed by atoms with E-state index >= 15 is 0 Å². The number of aromatic amines is 1. The normalized spacial score (nSPS) is 10.9. The van der Waals surface area contributed by atoms with Gasteiger partial charge in [-0.15, -0.1) is 12.4 Å². The minimum Gasteiger partial charge on any atom is -0.440 e. The Morgan fingerprint density at radius 3 is 2.71 bits per heavy atom. The van der Waals surface area contributed by atoms with Gasteiger partial charge in [0.15, 0.2) is 11.7 Å². The summed E-state index contributed by atoms with van der Waals surface area (Å²) in [5.74, 6) is 1.20. The number of H-pyrrole nitrogens is 1. The number of benzene rings is 2. The fraction of sp³-hybridized carbons (Fsp3) is 0.200. The van der Waals surface area contributed by atoms with Gasteiger partial charge >= 0.3 is 5.69 Å². The maximum absolute atomic E-state index is 12.2. The predicted octanol–water partition coefficient (Wildman–Crippen LogP) is 4.26. The Hall–Kier alpha value is -3.95. The van der Waals surface area contributed by atoms with Gasteiger partial charge in [-0.3, -0.25) is 4.98 Å². The number of nitrogens with one attached hydrogen (secondary N) is 1. The van der Waals surface area contributed by atoms with Crippen LogP contribution in [0.5, 0.6) is 0 Å². The molecule has 0 atom stereocenters. The van der Waals surface area contributed by atoms with E-state index in [-0.39, 0.29) is 18.1 Å². The molecule has 9 nitrogen and oxygen atoms in total. The number of hydrogen-bond acceptors (Lipinski definition) is 6. The molecule has 0 unspecified atom stereocenters. The highest BCUT2D eigenvalue weighted by atomic mass is 35.5. The molecule has 1 N–H and O–H groups in total. The van der Waals surface area contributed by atoms with E-state index in [1.165, 1.54) is 16.6 Å². The van der Waals surface area contributed by atoms with E-state index in [9.17, 15) is 4.79 Å². The quantitative estimate of drug-likeness (QED) is 0.347. The van der Waals surface area contributed by atoms with Gasteiger partial charge in [0, 0.05) is 31.0 Å².